The van der Waals surface area contributed by atoms with Crippen molar-refractivity contribution in [3.05, 3.63) is 0 Å². The van der Waals surface area contributed by atoms with Gasteiger partial charge in [0, 0.05) is 19.1 Å². The number of nitrogens with zero attached hydrogens (tertiary/aromatic N) is 4. The second-order valence-electron chi connectivity index (χ2n) is 6.89. The predicted molar refractivity (Wildman–Crippen MR) is 92.2 cm³/mol. The molecule has 0 bridgehead atoms. The molecule has 1 aromatic heterocycles. The van der Waals surface area contributed by atoms with Crippen LogP contribution in [0, 0.1) is 0 Å². The molecule has 1 atom stereocenters. The van der Waals surface area contributed by atoms with E-state index < -0.39 is 11.7 Å². The van der Waals surface area contributed by atoms with Gasteiger partial charge in [-0.2, -0.15) is 9.97 Å². The number of nitrogens with one attached hydrogen (secondary N) is 1. The van der Waals surface area contributed by atoms with E-state index in [-0.39, 0.29) is 18.1 Å². The maximum absolute atomic E-state index is 12.1. The maximum atomic E-state index is 12.1. The van der Waals surface area contributed by atoms with Gasteiger partial charge < -0.3 is 24.4 Å². The Balaban J connectivity index is 2.10. The van der Waals surface area contributed by atoms with Gasteiger partial charge in [-0.1, -0.05) is 0 Å². The predicted octanol–water partition coefficient (Wildman–Crippen LogP) is 1.77. The molecule has 1 aliphatic heterocycles. The van der Waals surface area contributed by atoms with Gasteiger partial charge in [0.25, 0.3) is 0 Å². The second-order valence-corrected chi connectivity index (χ2v) is 6.89. The van der Waals surface area contributed by atoms with Crippen LogP contribution in [0.4, 0.5) is 10.7 Å². The van der Waals surface area contributed by atoms with Crippen molar-refractivity contribution in [1.82, 2.24) is 20.3 Å². The van der Waals surface area contributed by atoms with Crippen LogP contribution in [-0.2, 0) is 4.74 Å². The molecule has 1 aromatic rings. The summed E-state index contributed by atoms with van der Waals surface area (Å²) < 4.78 is 15.6. The lowest BCUT2D eigenvalue weighted by atomic mass is 10.1. The minimum absolute atomic E-state index is 0.0499. The van der Waals surface area contributed by atoms with E-state index in [1.165, 1.54) is 14.2 Å². The van der Waals surface area contributed by atoms with Gasteiger partial charge in [-0.3, -0.25) is 0 Å². The molecule has 1 unspecified atom stereocenters. The van der Waals surface area contributed by atoms with Crippen molar-refractivity contribution in [2.45, 2.75) is 51.7 Å². The average Bonchev–Trinajstić information content (AvgIpc) is 2.78. The Labute approximate surface area is 148 Å². The maximum Gasteiger partial charge on any atom is 0.407 e. The van der Waals surface area contributed by atoms with Crippen molar-refractivity contribution in [2.75, 3.05) is 32.2 Å². The first-order valence-corrected chi connectivity index (χ1v) is 8.39. The van der Waals surface area contributed by atoms with Crippen molar-refractivity contribution >= 4 is 12.0 Å². The highest BCUT2D eigenvalue weighted by atomic mass is 16.6. The molecular weight excluding hydrogens is 326 g/mol. The first kappa shape index (κ1) is 19.0. The number of hydrogen-bond acceptors (Lipinski definition) is 8. The number of ether oxygens (including phenoxy) is 3. The summed E-state index contributed by atoms with van der Waals surface area (Å²) in [7, 11) is 2.99. The molecule has 2 heterocycles. The van der Waals surface area contributed by atoms with Crippen LogP contribution in [-0.4, -0.2) is 60.0 Å². The number of amides is 1. The molecule has 140 valence electrons. The smallest absolute Gasteiger partial charge is 0.407 e. The molecule has 9 heteroatoms. The third-order valence-corrected chi connectivity index (χ3v) is 3.62. The zero-order valence-corrected chi connectivity index (χ0v) is 15.5. The van der Waals surface area contributed by atoms with Gasteiger partial charge in [0.15, 0.2) is 0 Å². The van der Waals surface area contributed by atoms with Crippen LogP contribution in [0.1, 0.15) is 40.0 Å². The largest absolute Gasteiger partial charge is 0.467 e. The standard InChI is InChI=1S/C16H27N5O4/c1-16(2,3)25-15(22)17-11-8-6-7-9-21(10-11)12-18-13(23-4)20-14(19-12)24-5/h11H,6-10H2,1-5H3,(H,17,22). The van der Waals surface area contributed by atoms with E-state index in [0.29, 0.717) is 12.5 Å². The van der Waals surface area contributed by atoms with Crippen molar-refractivity contribution in [1.29, 1.82) is 0 Å². The minimum Gasteiger partial charge on any atom is -0.467 e. The van der Waals surface area contributed by atoms with E-state index in [0.717, 1.165) is 25.8 Å². The number of carbonyl (C=O) groups is 1. The second kappa shape index (κ2) is 8.17. The Morgan fingerprint density at radius 1 is 1.12 bits per heavy atom. The number of anilines is 1. The number of methoxy groups -OCH3 is 2. The van der Waals surface area contributed by atoms with Crippen molar-refractivity contribution in [2.24, 2.45) is 0 Å². The average molecular weight is 353 g/mol. The molecule has 0 aliphatic carbocycles. The van der Waals surface area contributed by atoms with Gasteiger partial charge in [0.2, 0.25) is 5.95 Å². The lowest BCUT2D eigenvalue weighted by Gasteiger charge is -2.26. The van der Waals surface area contributed by atoms with E-state index in [9.17, 15) is 4.79 Å². The quantitative estimate of drug-likeness (QED) is 0.874. The molecule has 25 heavy (non-hydrogen) atoms. The summed E-state index contributed by atoms with van der Waals surface area (Å²) in [6, 6.07) is 0.344. The number of aromatic nitrogens is 3. The summed E-state index contributed by atoms with van der Waals surface area (Å²) in [6.07, 6.45) is 2.43. The summed E-state index contributed by atoms with van der Waals surface area (Å²) in [4.78, 5) is 26.7. The fraction of sp³-hybridized carbons (Fsp3) is 0.750. The molecule has 1 N–H and O–H groups in total. The molecule has 9 nitrogen and oxygen atoms in total. The van der Waals surface area contributed by atoms with Crippen LogP contribution >= 0.6 is 0 Å². The first-order chi connectivity index (χ1) is 11.8. The van der Waals surface area contributed by atoms with E-state index in [1.807, 2.05) is 25.7 Å². The summed E-state index contributed by atoms with van der Waals surface area (Å²) in [5, 5.41) is 2.94. The molecule has 2 rings (SSSR count). The number of rotatable bonds is 4. The molecule has 1 aliphatic rings. The molecule has 0 aromatic carbocycles. The van der Waals surface area contributed by atoms with Gasteiger partial charge in [-0.25, -0.2) is 4.79 Å². The Kier molecular flexibility index (Phi) is 6.22. The highest BCUT2D eigenvalue weighted by molar-refractivity contribution is 5.68. The normalized spacial score (nSPS) is 18.3. The summed E-state index contributed by atoms with van der Waals surface area (Å²) in [5.41, 5.74) is -0.524. The van der Waals surface area contributed by atoms with Gasteiger partial charge in [-0.05, 0) is 40.0 Å². The molecule has 1 saturated heterocycles. The van der Waals surface area contributed by atoms with Crippen molar-refractivity contribution in [3.8, 4) is 12.0 Å². The lowest BCUT2D eigenvalue weighted by molar-refractivity contribution is 0.0504. The highest BCUT2D eigenvalue weighted by Crippen LogP contribution is 2.20. The SMILES string of the molecule is COc1nc(OC)nc(N2CCCCC(NC(=O)OC(C)(C)C)C2)n1. The van der Waals surface area contributed by atoms with Crippen molar-refractivity contribution in [3.63, 3.8) is 0 Å². The molecule has 0 radical (unpaired) electrons. The van der Waals surface area contributed by atoms with Crippen LogP contribution in [0.25, 0.3) is 0 Å². The van der Waals surface area contributed by atoms with Gasteiger partial charge in [0.1, 0.15) is 5.60 Å². The van der Waals surface area contributed by atoms with E-state index in [2.05, 4.69) is 20.3 Å². The van der Waals surface area contributed by atoms with E-state index >= 15 is 0 Å². The Morgan fingerprint density at radius 2 is 1.76 bits per heavy atom. The third-order valence-electron chi connectivity index (χ3n) is 3.62. The minimum atomic E-state index is -0.524. The number of hydrogen-bond donors (Lipinski definition) is 1. The Hall–Kier alpha value is -2.32. The highest BCUT2D eigenvalue weighted by Gasteiger charge is 2.25. The molecule has 1 fully saturated rings. The van der Waals surface area contributed by atoms with Crippen LogP contribution in [0.15, 0.2) is 0 Å². The summed E-state index contributed by atoms with van der Waals surface area (Å²) >= 11 is 0. The van der Waals surface area contributed by atoms with E-state index in [4.69, 9.17) is 14.2 Å². The first-order valence-electron chi connectivity index (χ1n) is 8.39. The fourth-order valence-electron chi connectivity index (χ4n) is 2.57. The molecular formula is C16H27N5O4. The Bertz CT molecular complexity index is 568. The lowest BCUT2D eigenvalue weighted by Crippen LogP contribution is -2.45. The van der Waals surface area contributed by atoms with Crippen LogP contribution in [0.3, 0.4) is 0 Å². The summed E-state index contributed by atoms with van der Waals surface area (Å²) in [5.74, 6) is 0.474. The van der Waals surface area contributed by atoms with Crippen LogP contribution < -0.4 is 19.7 Å². The number of carbonyl (C=O) groups excluding carboxylic acids is 1. The zero-order chi connectivity index (χ0) is 18.4. The van der Waals surface area contributed by atoms with Gasteiger partial charge in [-0.15, -0.1) is 4.98 Å². The third kappa shape index (κ3) is 5.91. The molecule has 1 amide bonds. The topological polar surface area (TPSA) is 98.7 Å². The van der Waals surface area contributed by atoms with Crippen molar-refractivity contribution < 1.29 is 19.0 Å². The zero-order valence-electron chi connectivity index (χ0n) is 15.5. The van der Waals surface area contributed by atoms with Gasteiger partial charge in [0.05, 0.1) is 14.2 Å². The van der Waals surface area contributed by atoms with E-state index in [1.54, 1.807) is 0 Å². The summed E-state index contributed by atoms with van der Waals surface area (Å²) in [6.45, 7) is 6.89. The molecule has 0 spiro atoms. The van der Waals surface area contributed by atoms with Crippen LogP contribution in [0.2, 0.25) is 0 Å². The monoisotopic (exact) mass is 353 g/mol. The van der Waals surface area contributed by atoms with Crippen LogP contribution in [0.5, 0.6) is 12.0 Å². The Morgan fingerprint density at radius 3 is 2.32 bits per heavy atom. The van der Waals surface area contributed by atoms with Gasteiger partial charge >= 0.3 is 18.1 Å². The fourth-order valence-corrected chi connectivity index (χ4v) is 2.57. The molecule has 0 saturated carbocycles. The number of alkyl carbamates (subject to hydrolysis) is 1.